The molecular weight excluding hydrogens is 600 g/mol. The zero-order valence-electron chi connectivity index (χ0n) is 28.2. The van der Waals surface area contributed by atoms with E-state index >= 15 is 0 Å². The second-order valence-electron chi connectivity index (χ2n) is 13.0. The number of carbonyl (C=O) groups is 4. The lowest BCUT2D eigenvalue weighted by Crippen LogP contribution is -2.52. The van der Waals surface area contributed by atoms with Crippen LogP contribution in [0.15, 0.2) is 48.5 Å². The largest absolute Gasteiger partial charge is 0.516 e. The number of carbonyl (C=O) groups excluding carboxylic acids is 3. The Kier molecular flexibility index (Phi) is 14.8. The van der Waals surface area contributed by atoms with Crippen molar-refractivity contribution in [3.8, 4) is 0 Å². The highest BCUT2D eigenvalue weighted by Crippen LogP contribution is 2.54. The van der Waals surface area contributed by atoms with Crippen LogP contribution in [0.3, 0.4) is 0 Å². The third-order valence-corrected chi connectivity index (χ3v) is 6.82. The van der Waals surface area contributed by atoms with Gasteiger partial charge in [-0.3, -0.25) is 4.79 Å². The lowest BCUT2D eigenvalue weighted by molar-refractivity contribution is -0.142. The number of nitrogens with two attached hydrogens (primary N) is 1. The second kappa shape index (κ2) is 17.0. The zero-order chi connectivity index (χ0) is 35.3. The van der Waals surface area contributed by atoms with Crippen molar-refractivity contribution >= 4 is 24.1 Å². The summed E-state index contributed by atoms with van der Waals surface area (Å²) in [5.74, 6) is -1.61. The van der Waals surface area contributed by atoms with Gasteiger partial charge in [-0.25, -0.2) is 14.4 Å². The topological polar surface area (TPSA) is 208 Å². The van der Waals surface area contributed by atoms with Crippen LogP contribution in [0.4, 0.5) is 9.59 Å². The number of hydrogen-bond acceptors (Lipinski definition) is 10. The van der Waals surface area contributed by atoms with Gasteiger partial charge in [0.15, 0.2) is 0 Å². The lowest BCUT2D eigenvalue weighted by Gasteiger charge is -2.47. The number of amides is 3. The van der Waals surface area contributed by atoms with E-state index < -0.39 is 58.4 Å². The molecule has 2 unspecified atom stereocenters. The van der Waals surface area contributed by atoms with E-state index in [4.69, 9.17) is 24.7 Å². The monoisotopic (exact) mass is 652 g/mol. The van der Waals surface area contributed by atoms with E-state index in [1.807, 2.05) is 0 Å². The van der Waals surface area contributed by atoms with Gasteiger partial charge in [0, 0.05) is 13.0 Å². The summed E-state index contributed by atoms with van der Waals surface area (Å²) >= 11 is 0. The SMILES string of the molecule is C=CCC(/C=C\O)(OCCNC(=O)OC(C)(C)C)C1(C)C(C[C@H](NC(=O)[C@H](C)N)C(=O)O)=CC=C1OCCNC(=O)OC(C)(C)C. The molecule has 1 rings (SSSR count). The van der Waals surface area contributed by atoms with Crippen molar-refractivity contribution < 1.29 is 48.3 Å². The Hall–Kier alpha value is -4.04. The summed E-state index contributed by atoms with van der Waals surface area (Å²) in [7, 11) is 0. The van der Waals surface area contributed by atoms with Crippen LogP contribution < -0.4 is 21.7 Å². The fraction of sp³-hybridized carbons (Fsp3) is 0.625. The van der Waals surface area contributed by atoms with Gasteiger partial charge in [-0.05, 0) is 74.0 Å². The maximum absolute atomic E-state index is 12.4. The first kappa shape index (κ1) is 40.0. The van der Waals surface area contributed by atoms with Crippen molar-refractivity contribution in [3.05, 3.63) is 48.5 Å². The minimum absolute atomic E-state index is 0.00121. The van der Waals surface area contributed by atoms with Crippen LogP contribution in [0.5, 0.6) is 0 Å². The number of nitrogens with one attached hydrogen (secondary N) is 3. The molecule has 0 aromatic heterocycles. The molecule has 260 valence electrons. The highest BCUT2D eigenvalue weighted by atomic mass is 16.6. The first-order valence-corrected chi connectivity index (χ1v) is 15.0. The van der Waals surface area contributed by atoms with Crippen molar-refractivity contribution in [3.63, 3.8) is 0 Å². The Labute approximate surface area is 271 Å². The number of aliphatic carboxylic acids is 1. The predicted molar refractivity (Wildman–Crippen MR) is 172 cm³/mol. The van der Waals surface area contributed by atoms with Crippen LogP contribution >= 0.6 is 0 Å². The molecule has 0 fully saturated rings. The van der Waals surface area contributed by atoms with Crippen molar-refractivity contribution in [2.45, 2.75) is 97.1 Å². The number of alkyl carbamates (subject to hydrolysis) is 2. The highest BCUT2D eigenvalue weighted by molar-refractivity contribution is 5.86. The molecule has 0 radical (unpaired) electrons. The maximum atomic E-state index is 12.4. The average molecular weight is 653 g/mol. The van der Waals surface area contributed by atoms with Gasteiger partial charge >= 0.3 is 18.2 Å². The number of ether oxygens (including phenoxy) is 4. The summed E-state index contributed by atoms with van der Waals surface area (Å²) < 4.78 is 23.1. The third kappa shape index (κ3) is 12.0. The molecule has 0 spiro atoms. The molecule has 7 N–H and O–H groups in total. The van der Waals surface area contributed by atoms with Gasteiger partial charge in [-0.2, -0.15) is 0 Å². The molecule has 0 saturated heterocycles. The highest BCUT2D eigenvalue weighted by Gasteiger charge is 2.55. The molecule has 0 bridgehead atoms. The van der Waals surface area contributed by atoms with Gasteiger partial charge in [-0.15, -0.1) is 6.58 Å². The molecular formula is C32H52N4O10. The van der Waals surface area contributed by atoms with E-state index in [0.717, 1.165) is 6.26 Å². The normalized spacial score (nSPS) is 19.2. The Morgan fingerprint density at radius 2 is 1.54 bits per heavy atom. The van der Waals surface area contributed by atoms with E-state index in [-0.39, 0.29) is 39.1 Å². The summed E-state index contributed by atoms with van der Waals surface area (Å²) in [6.07, 6.45) is 5.72. The van der Waals surface area contributed by atoms with Crippen molar-refractivity contribution in [1.29, 1.82) is 0 Å². The minimum atomic E-state index is -1.43. The molecule has 0 aliphatic heterocycles. The summed E-state index contributed by atoms with van der Waals surface area (Å²) in [6.45, 7) is 17.5. The second-order valence-corrected chi connectivity index (χ2v) is 13.0. The van der Waals surface area contributed by atoms with Gasteiger partial charge in [0.2, 0.25) is 5.91 Å². The number of carboxylic acid groups (broad SMARTS) is 1. The Balaban J connectivity index is 3.42. The fourth-order valence-corrected chi connectivity index (χ4v) is 4.69. The van der Waals surface area contributed by atoms with E-state index in [9.17, 15) is 29.4 Å². The smallest absolute Gasteiger partial charge is 0.407 e. The quantitative estimate of drug-likeness (QED) is 0.0760. The van der Waals surface area contributed by atoms with Crippen LogP contribution in [0, 0.1) is 5.41 Å². The number of hydrogen-bond donors (Lipinski definition) is 6. The minimum Gasteiger partial charge on any atom is -0.516 e. The Morgan fingerprint density at radius 3 is 2.00 bits per heavy atom. The molecule has 0 saturated carbocycles. The number of rotatable bonds is 17. The Bertz CT molecular complexity index is 1180. The average Bonchev–Trinajstić information content (AvgIpc) is 3.22. The van der Waals surface area contributed by atoms with Gasteiger partial charge < -0.3 is 50.8 Å². The molecule has 1 aliphatic carbocycles. The summed E-state index contributed by atoms with van der Waals surface area (Å²) in [5.41, 5.74) is 2.04. The van der Waals surface area contributed by atoms with Gasteiger partial charge in [-0.1, -0.05) is 17.7 Å². The van der Waals surface area contributed by atoms with E-state index in [1.54, 1.807) is 66.7 Å². The Morgan fingerprint density at radius 1 is 1.00 bits per heavy atom. The third-order valence-electron chi connectivity index (χ3n) is 6.82. The molecule has 0 aromatic carbocycles. The molecule has 46 heavy (non-hydrogen) atoms. The molecule has 14 nitrogen and oxygen atoms in total. The lowest BCUT2D eigenvalue weighted by atomic mass is 9.65. The van der Waals surface area contributed by atoms with Gasteiger partial charge in [0.1, 0.15) is 35.2 Å². The fourth-order valence-electron chi connectivity index (χ4n) is 4.69. The first-order chi connectivity index (χ1) is 21.2. The molecule has 1 aliphatic rings. The summed E-state index contributed by atoms with van der Waals surface area (Å²) in [4.78, 5) is 49.0. The maximum Gasteiger partial charge on any atom is 0.407 e. The van der Waals surface area contributed by atoms with Crippen LogP contribution in [0.1, 0.15) is 68.2 Å². The van der Waals surface area contributed by atoms with Gasteiger partial charge in [0.25, 0.3) is 0 Å². The molecule has 3 amide bonds. The van der Waals surface area contributed by atoms with E-state index in [2.05, 4.69) is 22.5 Å². The van der Waals surface area contributed by atoms with Gasteiger partial charge in [0.05, 0.1) is 30.9 Å². The molecule has 14 heteroatoms. The molecule has 4 atom stereocenters. The van der Waals surface area contributed by atoms with Crippen molar-refractivity contribution in [1.82, 2.24) is 16.0 Å². The molecule has 0 aromatic rings. The van der Waals surface area contributed by atoms with Crippen LogP contribution in [0.25, 0.3) is 0 Å². The standard InChI is InChI=1S/C32H52N4O10/c1-10-13-32(14-17-37,44-19-16-35-28(42)46-30(6,7)8)31(9)22(20-23(26(39)40)36-25(38)21(2)33)11-12-24(31)43-18-15-34-27(41)45-29(3,4)5/h10-12,14,17,21,23,37H,1,13,15-16,18-20,33H2,2-9H3,(H,34,41)(H,35,42)(H,36,38)(H,39,40)/b17-14-/t21-,23-,31?,32?/m0/s1. The summed E-state index contributed by atoms with van der Waals surface area (Å²) in [6, 6.07) is -2.31. The number of aliphatic hydroxyl groups excluding tert-OH is 1. The first-order valence-electron chi connectivity index (χ1n) is 15.0. The number of allylic oxidation sites excluding steroid dienone is 2. The number of aliphatic hydroxyl groups is 1. The van der Waals surface area contributed by atoms with Crippen LogP contribution in [-0.2, 0) is 28.5 Å². The number of carboxylic acids is 1. The van der Waals surface area contributed by atoms with Crippen LogP contribution in [0.2, 0.25) is 0 Å². The van der Waals surface area contributed by atoms with Crippen molar-refractivity contribution in [2.75, 3.05) is 26.3 Å². The summed E-state index contributed by atoms with van der Waals surface area (Å²) in [5, 5.41) is 27.8. The zero-order valence-corrected chi connectivity index (χ0v) is 28.2. The van der Waals surface area contributed by atoms with E-state index in [1.165, 1.54) is 13.0 Å². The molecule has 0 heterocycles. The van der Waals surface area contributed by atoms with Crippen molar-refractivity contribution in [2.24, 2.45) is 11.1 Å². The van der Waals surface area contributed by atoms with E-state index in [0.29, 0.717) is 11.3 Å². The van der Waals surface area contributed by atoms with Crippen LogP contribution in [-0.4, -0.2) is 89.5 Å². The predicted octanol–water partition coefficient (Wildman–Crippen LogP) is 3.59.